The Morgan fingerprint density at radius 1 is 1.14 bits per heavy atom. The van der Waals surface area contributed by atoms with Gasteiger partial charge < -0.3 is 0 Å². The fourth-order valence-electron chi connectivity index (χ4n) is 2.40. The predicted octanol–water partition coefficient (Wildman–Crippen LogP) is 5.91. The van der Waals surface area contributed by atoms with E-state index in [1.54, 1.807) is 23.7 Å². The molecule has 0 fully saturated rings. The van der Waals surface area contributed by atoms with Gasteiger partial charge in [-0.15, -0.1) is 0 Å². The average Bonchev–Trinajstić information content (AvgIpc) is 2.86. The van der Waals surface area contributed by atoms with Crippen LogP contribution < -0.4 is 0 Å². The summed E-state index contributed by atoms with van der Waals surface area (Å²) in [5.74, 6) is 0. The molecule has 0 saturated heterocycles. The minimum Gasteiger partial charge on any atom is -0.265 e. The summed E-state index contributed by atoms with van der Waals surface area (Å²) in [5, 5.41) is 0.730. The number of halogens is 1. The van der Waals surface area contributed by atoms with Crippen LogP contribution in [0, 0.1) is 13.5 Å². The summed E-state index contributed by atoms with van der Waals surface area (Å²) in [7, 11) is 0. The van der Waals surface area contributed by atoms with Gasteiger partial charge in [0, 0.05) is 22.3 Å². The minimum atomic E-state index is 0.730. The largest absolute Gasteiger partial charge is 0.265 e. The van der Waals surface area contributed by atoms with E-state index in [4.69, 9.17) is 18.2 Å². The molecule has 4 heteroatoms. The van der Waals surface area contributed by atoms with Crippen LogP contribution in [0.1, 0.15) is 16.0 Å². The topological polar surface area (TPSA) is 17.2 Å². The number of hydrogen-bond donors (Lipinski definition) is 0. The Balaban J connectivity index is 2.04. The third kappa shape index (κ3) is 2.89. The molecule has 2 nitrogen and oxygen atoms in total. The molecule has 0 radical (unpaired) electrons. The maximum Gasteiger partial charge on any atom is 0.209 e. The van der Waals surface area contributed by atoms with E-state index in [-0.39, 0.29) is 0 Å². The van der Waals surface area contributed by atoms with Crippen LogP contribution in [0.2, 0.25) is 5.02 Å². The number of hydrogen-bond acceptors (Lipinski definition) is 2. The smallest absolute Gasteiger partial charge is 0.209 e. The van der Waals surface area contributed by atoms with Crippen molar-refractivity contribution in [2.45, 2.75) is 13.3 Å². The van der Waals surface area contributed by atoms with Crippen LogP contribution in [0.4, 0.5) is 5.69 Å². The summed E-state index contributed by atoms with van der Waals surface area (Å²) in [6.07, 6.45) is 4.27. The zero-order chi connectivity index (χ0) is 15.5. The number of thiophene rings is 1. The maximum atomic E-state index is 7.58. The Morgan fingerprint density at radius 2 is 1.82 bits per heavy atom. The SMILES string of the molecule is [C-]#[N+]c1c(-c2ccncc2)sc(C)c1Cc1ccc(Cl)cc1. The lowest BCUT2D eigenvalue weighted by Crippen LogP contribution is -1.88. The molecule has 2 heterocycles. The molecule has 22 heavy (non-hydrogen) atoms. The van der Waals surface area contributed by atoms with E-state index in [9.17, 15) is 0 Å². The average molecular weight is 325 g/mol. The normalized spacial score (nSPS) is 10.4. The molecule has 0 atom stereocenters. The lowest BCUT2D eigenvalue weighted by Gasteiger charge is -2.03. The van der Waals surface area contributed by atoms with Gasteiger partial charge >= 0.3 is 0 Å². The van der Waals surface area contributed by atoms with Crippen LogP contribution in [0.15, 0.2) is 48.8 Å². The summed E-state index contributed by atoms with van der Waals surface area (Å²) in [6, 6.07) is 11.7. The van der Waals surface area contributed by atoms with Crippen molar-refractivity contribution in [2.75, 3.05) is 0 Å². The summed E-state index contributed by atoms with van der Waals surface area (Å²) >= 11 is 7.61. The number of aromatic nitrogens is 1. The van der Waals surface area contributed by atoms with Crippen molar-refractivity contribution < 1.29 is 0 Å². The first kappa shape index (κ1) is 14.8. The van der Waals surface area contributed by atoms with Gasteiger partial charge in [-0.1, -0.05) is 23.7 Å². The molecule has 3 rings (SSSR count). The highest BCUT2D eigenvalue weighted by Crippen LogP contribution is 2.43. The molecule has 0 aliphatic carbocycles. The lowest BCUT2D eigenvalue weighted by atomic mass is 10.0. The number of pyridine rings is 1. The van der Waals surface area contributed by atoms with Crippen molar-refractivity contribution in [3.05, 3.63) is 81.2 Å². The Morgan fingerprint density at radius 3 is 2.45 bits per heavy atom. The Kier molecular flexibility index (Phi) is 4.24. The number of rotatable bonds is 3. The van der Waals surface area contributed by atoms with Crippen molar-refractivity contribution in [1.29, 1.82) is 0 Å². The molecule has 0 aliphatic rings. The molecule has 0 aliphatic heterocycles. The van der Waals surface area contributed by atoms with Gasteiger partial charge in [0.15, 0.2) is 0 Å². The molecule has 108 valence electrons. The minimum absolute atomic E-state index is 0.730. The quantitative estimate of drug-likeness (QED) is 0.547. The van der Waals surface area contributed by atoms with Crippen LogP contribution in [0.5, 0.6) is 0 Å². The van der Waals surface area contributed by atoms with E-state index >= 15 is 0 Å². The zero-order valence-electron chi connectivity index (χ0n) is 12.0. The molecule has 0 spiro atoms. The fourth-order valence-corrected chi connectivity index (χ4v) is 3.64. The van der Waals surface area contributed by atoms with Crippen LogP contribution in [0.25, 0.3) is 15.3 Å². The number of benzene rings is 1. The van der Waals surface area contributed by atoms with E-state index in [2.05, 4.69) is 16.8 Å². The highest BCUT2D eigenvalue weighted by Gasteiger charge is 2.17. The second-order valence-corrected chi connectivity index (χ2v) is 6.63. The van der Waals surface area contributed by atoms with Gasteiger partial charge in [-0.05, 0) is 59.2 Å². The monoisotopic (exact) mass is 324 g/mol. The first-order valence-corrected chi connectivity index (χ1v) is 8.03. The maximum absolute atomic E-state index is 7.58. The van der Waals surface area contributed by atoms with Gasteiger partial charge in [-0.25, -0.2) is 4.85 Å². The summed E-state index contributed by atoms with van der Waals surface area (Å²) in [4.78, 5) is 10.1. The Bertz CT molecular complexity index is 830. The molecule has 3 aromatic rings. The van der Waals surface area contributed by atoms with Gasteiger partial charge in [-0.3, -0.25) is 4.98 Å². The fraction of sp³-hybridized carbons (Fsp3) is 0.111. The summed E-state index contributed by atoms with van der Waals surface area (Å²) < 4.78 is 0. The first-order valence-electron chi connectivity index (χ1n) is 6.83. The molecule has 0 amide bonds. The molecular weight excluding hydrogens is 312 g/mol. The molecule has 0 unspecified atom stereocenters. The second-order valence-electron chi connectivity index (χ2n) is 4.97. The Labute approximate surface area is 138 Å². The lowest BCUT2D eigenvalue weighted by molar-refractivity contribution is 1.19. The van der Waals surface area contributed by atoms with Gasteiger partial charge in [0.1, 0.15) is 0 Å². The summed E-state index contributed by atoms with van der Waals surface area (Å²) in [6.45, 7) is 9.66. The van der Waals surface area contributed by atoms with Crippen LogP contribution >= 0.6 is 22.9 Å². The van der Waals surface area contributed by atoms with E-state index in [0.29, 0.717) is 0 Å². The second kappa shape index (κ2) is 6.31. The standard InChI is InChI=1S/C18H13ClN2S/c1-12-16(11-13-3-5-15(19)6-4-13)17(20-2)18(22-12)14-7-9-21-10-8-14/h3-10H,11H2,1H3. The summed E-state index contributed by atoms with van der Waals surface area (Å²) in [5.41, 5.74) is 4.07. The van der Waals surface area contributed by atoms with Gasteiger partial charge in [0.25, 0.3) is 0 Å². The predicted molar refractivity (Wildman–Crippen MR) is 92.8 cm³/mol. The molecule has 0 bridgehead atoms. The van der Waals surface area contributed by atoms with Crippen molar-refractivity contribution in [3.63, 3.8) is 0 Å². The highest BCUT2D eigenvalue weighted by atomic mass is 35.5. The number of aryl methyl sites for hydroxylation is 1. The van der Waals surface area contributed by atoms with Crippen molar-refractivity contribution in [2.24, 2.45) is 0 Å². The van der Waals surface area contributed by atoms with E-state index in [0.717, 1.165) is 38.7 Å². The van der Waals surface area contributed by atoms with Crippen molar-refractivity contribution in [3.8, 4) is 10.4 Å². The molecular formula is C18H13ClN2S. The first-order chi connectivity index (χ1) is 10.7. The third-order valence-electron chi connectivity index (χ3n) is 3.53. The van der Waals surface area contributed by atoms with Crippen LogP contribution in [-0.4, -0.2) is 4.98 Å². The van der Waals surface area contributed by atoms with Gasteiger partial charge in [0.05, 0.1) is 6.57 Å². The highest BCUT2D eigenvalue weighted by molar-refractivity contribution is 7.16. The van der Waals surface area contributed by atoms with Gasteiger partial charge in [-0.2, -0.15) is 11.3 Å². The van der Waals surface area contributed by atoms with Crippen molar-refractivity contribution in [1.82, 2.24) is 4.98 Å². The van der Waals surface area contributed by atoms with Crippen LogP contribution in [-0.2, 0) is 6.42 Å². The Hall–Kier alpha value is -2.15. The molecule has 1 aromatic carbocycles. The van der Waals surface area contributed by atoms with E-state index < -0.39 is 0 Å². The van der Waals surface area contributed by atoms with Crippen LogP contribution in [0.3, 0.4) is 0 Å². The zero-order valence-corrected chi connectivity index (χ0v) is 13.6. The van der Waals surface area contributed by atoms with E-state index in [1.165, 1.54) is 4.88 Å². The van der Waals surface area contributed by atoms with E-state index in [1.807, 2.05) is 36.4 Å². The van der Waals surface area contributed by atoms with Crippen molar-refractivity contribution >= 4 is 28.6 Å². The molecule has 2 aromatic heterocycles. The third-order valence-corrected chi connectivity index (χ3v) is 4.97. The number of nitrogens with zero attached hydrogens (tertiary/aromatic N) is 2. The van der Waals surface area contributed by atoms with Gasteiger partial charge in [0.2, 0.25) is 5.69 Å². The molecule has 0 N–H and O–H groups in total. The molecule has 0 saturated carbocycles.